The minimum atomic E-state index is 0.826. The SMILES string of the molecule is CCc1nc2ccccc2n1-c1ccccc1-c1c2ccccc2c(-c2cccc3oc4ccccc4c23)c2cc(-c3ccccc3)ccc12. The number of imidazole rings is 1. The number of rotatable bonds is 5. The van der Waals surface area contributed by atoms with Crippen LogP contribution in [0.5, 0.6) is 0 Å². The van der Waals surface area contributed by atoms with Crippen LogP contribution in [0.15, 0.2) is 168 Å². The number of aromatic nitrogens is 2. The predicted octanol–water partition coefficient (Wildman–Crippen LogP) is 12.8. The Morgan fingerprint density at radius 2 is 1.14 bits per heavy atom. The van der Waals surface area contributed by atoms with Crippen LogP contribution in [-0.2, 0) is 6.42 Å². The molecule has 0 atom stereocenters. The van der Waals surface area contributed by atoms with Crippen molar-refractivity contribution in [3.8, 4) is 39.1 Å². The van der Waals surface area contributed by atoms with Gasteiger partial charge in [-0.2, -0.15) is 0 Å². The van der Waals surface area contributed by atoms with Crippen LogP contribution >= 0.6 is 0 Å². The number of nitrogens with zero attached hydrogens (tertiary/aromatic N) is 2. The van der Waals surface area contributed by atoms with Crippen molar-refractivity contribution in [3.63, 3.8) is 0 Å². The van der Waals surface area contributed by atoms with Crippen molar-refractivity contribution < 1.29 is 4.42 Å². The Morgan fingerprint density at radius 1 is 0.500 bits per heavy atom. The Kier molecular flexibility index (Phi) is 6.47. The lowest BCUT2D eigenvalue weighted by Crippen LogP contribution is -2.03. The molecule has 0 unspecified atom stereocenters. The molecule has 0 aliphatic rings. The first-order valence-electron chi connectivity index (χ1n) is 17.3. The van der Waals surface area contributed by atoms with Crippen molar-refractivity contribution in [2.45, 2.75) is 13.3 Å². The second kappa shape index (κ2) is 11.3. The van der Waals surface area contributed by atoms with E-state index in [9.17, 15) is 0 Å². The summed E-state index contributed by atoms with van der Waals surface area (Å²) in [6.07, 6.45) is 0.826. The summed E-state index contributed by atoms with van der Waals surface area (Å²) in [5, 5.41) is 7.10. The third-order valence-electron chi connectivity index (χ3n) is 10.2. The monoisotopic (exact) mass is 640 g/mol. The number of aryl methyl sites for hydroxylation is 1. The summed E-state index contributed by atoms with van der Waals surface area (Å²) in [6, 6.07) is 58.7. The van der Waals surface area contributed by atoms with Gasteiger partial charge in [-0.3, -0.25) is 4.57 Å². The second-order valence-electron chi connectivity index (χ2n) is 12.9. The molecular weight excluding hydrogens is 609 g/mol. The molecule has 0 fully saturated rings. The summed E-state index contributed by atoms with van der Waals surface area (Å²) in [6.45, 7) is 2.19. The molecule has 3 heteroatoms. The topological polar surface area (TPSA) is 31.0 Å². The molecule has 8 aromatic carbocycles. The van der Waals surface area contributed by atoms with Crippen LogP contribution < -0.4 is 0 Å². The first-order chi connectivity index (χ1) is 24.8. The van der Waals surface area contributed by atoms with E-state index < -0.39 is 0 Å². The first kappa shape index (κ1) is 28.6. The highest BCUT2D eigenvalue weighted by atomic mass is 16.3. The van der Waals surface area contributed by atoms with Gasteiger partial charge in [-0.1, -0.05) is 134 Å². The Labute approximate surface area is 289 Å². The molecule has 2 aromatic heterocycles. The summed E-state index contributed by atoms with van der Waals surface area (Å²) in [4.78, 5) is 5.07. The van der Waals surface area contributed by atoms with E-state index in [4.69, 9.17) is 9.40 Å². The summed E-state index contributed by atoms with van der Waals surface area (Å²) in [5.74, 6) is 1.05. The zero-order valence-corrected chi connectivity index (χ0v) is 27.6. The maximum atomic E-state index is 6.43. The zero-order valence-electron chi connectivity index (χ0n) is 27.6. The summed E-state index contributed by atoms with van der Waals surface area (Å²) in [5.41, 5.74) is 12.2. The normalized spacial score (nSPS) is 11.8. The second-order valence-corrected chi connectivity index (χ2v) is 12.9. The van der Waals surface area contributed by atoms with Crippen molar-refractivity contribution in [1.29, 1.82) is 0 Å². The van der Waals surface area contributed by atoms with Crippen molar-refractivity contribution in [2.75, 3.05) is 0 Å². The van der Waals surface area contributed by atoms with Crippen molar-refractivity contribution in [1.82, 2.24) is 9.55 Å². The fraction of sp³-hybridized carbons (Fsp3) is 0.0426. The van der Waals surface area contributed by atoms with E-state index in [1.807, 2.05) is 6.07 Å². The van der Waals surface area contributed by atoms with Gasteiger partial charge < -0.3 is 4.42 Å². The Bertz CT molecular complexity index is 2910. The predicted molar refractivity (Wildman–Crippen MR) is 209 cm³/mol. The summed E-state index contributed by atoms with van der Waals surface area (Å²) in [7, 11) is 0. The van der Waals surface area contributed by atoms with E-state index in [1.54, 1.807) is 0 Å². The van der Waals surface area contributed by atoms with Crippen LogP contribution in [-0.4, -0.2) is 9.55 Å². The summed E-state index contributed by atoms with van der Waals surface area (Å²) < 4.78 is 8.79. The molecular formula is C47H32N2O. The van der Waals surface area contributed by atoms with Gasteiger partial charge in [0.25, 0.3) is 0 Å². The molecule has 10 rings (SSSR count). The van der Waals surface area contributed by atoms with E-state index in [2.05, 4.69) is 169 Å². The molecule has 50 heavy (non-hydrogen) atoms. The third-order valence-corrected chi connectivity index (χ3v) is 10.2. The molecule has 0 aliphatic heterocycles. The molecule has 0 amide bonds. The first-order valence-corrected chi connectivity index (χ1v) is 17.3. The van der Waals surface area contributed by atoms with Gasteiger partial charge in [-0.05, 0) is 85.8 Å². The van der Waals surface area contributed by atoms with Crippen LogP contribution in [0.2, 0.25) is 0 Å². The largest absolute Gasteiger partial charge is 0.456 e. The van der Waals surface area contributed by atoms with Gasteiger partial charge in [0, 0.05) is 22.8 Å². The highest BCUT2D eigenvalue weighted by Crippen LogP contribution is 2.48. The molecule has 0 spiro atoms. The zero-order chi connectivity index (χ0) is 33.2. The Hall–Kier alpha value is -6.45. The van der Waals surface area contributed by atoms with Gasteiger partial charge in [-0.25, -0.2) is 4.98 Å². The average Bonchev–Trinajstić information content (AvgIpc) is 3.76. The smallest absolute Gasteiger partial charge is 0.136 e. The summed E-state index contributed by atoms with van der Waals surface area (Å²) >= 11 is 0. The van der Waals surface area contributed by atoms with Gasteiger partial charge in [0.05, 0.1) is 16.7 Å². The lowest BCUT2D eigenvalue weighted by atomic mass is 9.83. The lowest BCUT2D eigenvalue weighted by Gasteiger charge is -2.21. The van der Waals surface area contributed by atoms with Gasteiger partial charge >= 0.3 is 0 Å². The van der Waals surface area contributed by atoms with Gasteiger partial charge in [0.2, 0.25) is 0 Å². The molecule has 10 aromatic rings. The maximum Gasteiger partial charge on any atom is 0.136 e. The number of benzene rings is 8. The molecule has 0 aliphatic carbocycles. The highest BCUT2D eigenvalue weighted by molar-refractivity contribution is 6.26. The van der Waals surface area contributed by atoms with E-state index in [-0.39, 0.29) is 0 Å². The highest BCUT2D eigenvalue weighted by Gasteiger charge is 2.23. The Balaban J connectivity index is 1.37. The van der Waals surface area contributed by atoms with Crippen LogP contribution in [0.3, 0.4) is 0 Å². The average molecular weight is 641 g/mol. The number of hydrogen-bond acceptors (Lipinski definition) is 2. The fourth-order valence-corrected chi connectivity index (χ4v) is 8.01. The minimum absolute atomic E-state index is 0.826. The quantitative estimate of drug-likeness (QED) is 0.175. The molecule has 0 N–H and O–H groups in total. The lowest BCUT2D eigenvalue weighted by molar-refractivity contribution is 0.669. The van der Waals surface area contributed by atoms with E-state index >= 15 is 0 Å². The Morgan fingerprint density at radius 3 is 1.98 bits per heavy atom. The number of hydrogen-bond donors (Lipinski definition) is 0. The van der Waals surface area contributed by atoms with Crippen molar-refractivity contribution in [2.24, 2.45) is 0 Å². The van der Waals surface area contributed by atoms with E-state index in [0.717, 1.165) is 50.9 Å². The standard InChI is InChI=1S/C47H32N2O/c1-2-44-48-39-22-10-12-24-41(39)49(44)40-23-11-8-19-35(40)45-32-17-6-7-18-33(32)46(38-29-31(27-28-34(38)45)30-15-4-3-5-16-30)37-21-14-26-43-47(37)36-20-9-13-25-42(36)50-43/h3-29H,2H2,1H3. The maximum absolute atomic E-state index is 6.43. The third kappa shape index (κ3) is 4.27. The molecule has 236 valence electrons. The van der Waals surface area contributed by atoms with Gasteiger partial charge in [-0.15, -0.1) is 0 Å². The molecule has 2 heterocycles. The van der Waals surface area contributed by atoms with Crippen molar-refractivity contribution in [3.05, 3.63) is 170 Å². The van der Waals surface area contributed by atoms with Gasteiger partial charge in [0.1, 0.15) is 17.0 Å². The van der Waals surface area contributed by atoms with Crippen LogP contribution in [0, 0.1) is 0 Å². The van der Waals surface area contributed by atoms with E-state index in [1.165, 1.54) is 54.9 Å². The molecule has 0 bridgehead atoms. The fourth-order valence-electron chi connectivity index (χ4n) is 8.01. The van der Waals surface area contributed by atoms with E-state index in [0.29, 0.717) is 0 Å². The molecule has 3 nitrogen and oxygen atoms in total. The molecule has 0 radical (unpaired) electrons. The minimum Gasteiger partial charge on any atom is -0.456 e. The number of para-hydroxylation sites is 4. The van der Waals surface area contributed by atoms with Crippen LogP contribution in [0.25, 0.3) is 93.6 Å². The van der Waals surface area contributed by atoms with Crippen molar-refractivity contribution >= 4 is 54.5 Å². The van der Waals surface area contributed by atoms with Crippen LogP contribution in [0.4, 0.5) is 0 Å². The molecule has 0 saturated carbocycles. The molecule has 0 saturated heterocycles. The number of furan rings is 1. The number of fused-ring (bicyclic) bond motifs is 6. The van der Waals surface area contributed by atoms with Crippen LogP contribution in [0.1, 0.15) is 12.7 Å². The van der Waals surface area contributed by atoms with Gasteiger partial charge in [0.15, 0.2) is 0 Å².